The Morgan fingerprint density at radius 2 is 1.56 bits per heavy atom. The molecule has 0 atom stereocenters. The molecule has 0 saturated carbocycles. The van der Waals surface area contributed by atoms with Crippen LogP contribution < -0.4 is 10.0 Å². The summed E-state index contributed by atoms with van der Waals surface area (Å²) >= 11 is 0. The molecule has 1 aliphatic heterocycles. The normalized spacial score (nSPS) is 15.1. The van der Waals surface area contributed by atoms with Gasteiger partial charge in [-0.15, -0.1) is 0 Å². The number of anilines is 1. The molecule has 0 spiro atoms. The maximum absolute atomic E-state index is 13.8. The van der Waals surface area contributed by atoms with Gasteiger partial charge in [-0.3, -0.25) is 14.4 Å². The second-order valence-electron chi connectivity index (χ2n) is 8.26. The van der Waals surface area contributed by atoms with Gasteiger partial charge in [-0.05, 0) is 66.9 Å². The summed E-state index contributed by atoms with van der Waals surface area (Å²) in [5.74, 6) is -1.20. The number of amides is 1. The number of carbonyl (C=O) groups excluding carboxylic acids is 1. The van der Waals surface area contributed by atoms with E-state index in [4.69, 9.17) is 0 Å². The summed E-state index contributed by atoms with van der Waals surface area (Å²) in [6.07, 6.45) is 1.57. The minimum absolute atomic E-state index is 0.0168. The number of hydrogen-bond donors (Lipinski definition) is 2. The first-order valence-corrected chi connectivity index (χ1v) is 12.4. The highest BCUT2D eigenvalue weighted by Crippen LogP contribution is 2.20. The molecule has 1 aliphatic rings. The maximum Gasteiger partial charge on any atom is 0.261 e. The number of halogens is 2. The largest absolute Gasteiger partial charge is 0.349 e. The number of piperidine rings is 1. The molecular weight excluding hydrogens is 460 g/mol. The number of benzene rings is 3. The molecule has 0 bridgehead atoms. The molecular formula is C25H25F2N3O3S. The number of nitrogens with zero attached hydrogens (tertiary/aromatic N) is 1. The summed E-state index contributed by atoms with van der Waals surface area (Å²) in [5.41, 5.74) is 1.25. The van der Waals surface area contributed by atoms with Crippen molar-refractivity contribution >= 4 is 21.6 Å². The van der Waals surface area contributed by atoms with Crippen LogP contribution in [-0.2, 0) is 16.6 Å². The van der Waals surface area contributed by atoms with Crippen molar-refractivity contribution in [2.45, 2.75) is 30.3 Å². The third kappa shape index (κ3) is 5.98. The molecule has 1 saturated heterocycles. The Hall–Kier alpha value is -3.30. The molecule has 1 heterocycles. The van der Waals surface area contributed by atoms with Gasteiger partial charge in [0.1, 0.15) is 11.6 Å². The van der Waals surface area contributed by atoms with Crippen LogP contribution in [0.15, 0.2) is 77.7 Å². The summed E-state index contributed by atoms with van der Waals surface area (Å²) in [4.78, 5) is 14.8. The average molecular weight is 486 g/mol. The fraction of sp³-hybridized carbons (Fsp3) is 0.240. The number of rotatable bonds is 7. The Kier molecular flexibility index (Phi) is 7.23. The van der Waals surface area contributed by atoms with Crippen molar-refractivity contribution in [3.8, 4) is 0 Å². The van der Waals surface area contributed by atoms with Crippen molar-refractivity contribution in [2.24, 2.45) is 0 Å². The van der Waals surface area contributed by atoms with Gasteiger partial charge in [0.25, 0.3) is 15.9 Å². The van der Waals surface area contributed by atoms with Gasteiger partial charge in [0.15, 0.2) is 0 Å². The van der Waals surface area contributed by atoms with Crippen molar-refractivity contribution in [1.82, 2.24) is 10.2 Å². The minimum Gasteiger partial charge on any atom is -0.349 e. The lowest BCUT2D eigenvalue weighted by molar-refractivity contribution is 0.0909. The van der Waals surface area contributed by atoms with Gasteiger partial charge in [0.05, 0.1) is 10.6 Å². The number of hydrogen-bond acceptors (Lipinski definition) is 4. The highest BCUT2D eigenvalue weighted by atomic mass is 32.2. The zero-order valence-electron chi connectivity index (χ0n) is 18.4. The molecule has 0 aliphatic carbocycles. The Bertz CT molecular complexity index is 1240. The molecule has 3 aromatic rings. The Morgan fingerprint density at radius 3 is 2.21 bits per heavy atom. The predicted molar refractivity (Wildman–Crippen MR) is 126 cm³/mol. The van der Waals surface area contributed by atoms with Gasteiger partial charge in [-0.1, -0.05) is 24.3 Å². The van der Waals surface area contributed by atoms with E-state index in [1.165, 1.54) is 60.7 Å². The van der Waals surface area contributed by atoms with Crippen LogP contribution in [0, 0.1) is 11.6 Å². The number of carbonyl (C=O) groups is 1. The molecule has 0 unspecified atom stereocenters. The third-order valence-corrected chi connectivity index (χ3v) is 7.17. The molecule has 178 valence electrons. The topological polar surface area (TPSA) is 78.5 Å². The van der Waals surface area contributed by atoms with E-state index >= 15 is 0 Å². The van der Waals surface area contributed by atoms with E-state index < -0.39 is 15.8 Å². The standard InChI is InChI=1S/C25H25F2N3O3S/c26-20-9-5-18(6-10-20)17-30-15-13-21(14-16-30)28-25(31)19-7-11-22(12-8-19)34(32,33)29-24-4-2-1-3-23(24)27/h1-12,21,29H,13-17H2,(H,28,31). The lowest BCUT2D eigenvalue weighted by Gasteiger charge is -2.32. The number of nitrogens with one attached hydrogen (secondary N) is 2. The number of sulfonamides is 1. The fourth-order valence-corrected chi connectivity index (χ4v) is 4.95. The number of likely N-dealkylation sites (tertiary alicyclic amines) is 1. The molecule has 9 heteroatoms. The Morgan fingerprint density at radius 1 is 0.912 bits per heavy atom. The lowest BCUT2D eigenvalue weighted by atomic mass is 10.0. The van der Waals surface area contributed by atoms with E-state index in [2.05, 4.69) is 14.9 Å². The first-order valence-electron chi connectivity index (χ1n) is 11.0. The van der Waals surface area contributed by atoms with E-state index in [1.54, 1.807) is 12.1 Å². The second-order valence-corrected chi connectivity index (χ2v) is 9.94. The van der Waals surface area contributed by atoms with Crippen LogP contribution in [0.5, 0.6) is 0 Å². The molecule has 0 aromatic heterocycles. The lowest BCUT2D eigenvalue weighted by Crippen LogP contribution is -2.44. The Labute approximate surface area is 197 Å². The summed E-state index contributed by atoms with van der Waals surface area (Å²) in [6, 6.07) is 17.5. The Balaban J connectivity index is 1.30. The number of para-hydroxylation sites is 1. The first kappa shape index (κ1) is 23.8. The summed E-state index contributed by atoms with van der Waals surface area (Å²) in [5, 5.41) is 3.00. The average Bonchev–Trinajstić information content (AvgIpc) is 2.83. The van der Waals surface area contributed by atoms with E-state index in [0.29, 0.717) is 5.56 Å². The van der Waals surface area contributed by atoms with Crippen LogP contribution in [0.3, 0.4) is 0 Å². The van der Waals surface area contributed by atoms with Crippen molar-refractivity contribution < 1.29 is 22.0 Å². The van der Waals surface area contributed by atoms with E-state index in [1.807, 2.05) is 0 Å². The van der Waals surface area contributed by atoms with Crippen molar-refractivity contribution in [2.75, 3.05) is 17.8 Å². The van der Waals surface area contributed by atoms with Gasteiger partial charge < -0.3 is 5.32 Å². The molecule has 34 heavy (non-hydrogen) atoms. The fourth-order valence-electron chi connectivity index (χ4n) is 3.89. The molecule has 1 fully saturated rings. The van der Waals surface area contributed by atoms with Gasteiger partial charge in [-0.2, -0.15) is 0 Å². The highest BCUT2D eigenvalue weighted by molar-refractivity contribution is 7.92. The van der Waals surface area contributed by atoms with E-state index in [0.717, 1.165) is 38.0 Å². The predicted octanol–water partition coefficient (Wildman–Crippen LogP) is 4.16. The maximum atomic E-state index is 13.8. The molecule has 2 N–H and O–H groups in total. The summed E-state index contributed by atoms with van der Waals surface area (Å²) < 4.78 is 54.1. The molecule has 3 aromatic carbocycles. The van der Waals surface area contributed by atoms with Gasteiger partial charge in [-0.25, -0.2) is 17.2 Å². The van der Waals surface area contributed by atoms with Crippen molar-refractivity contribution in [1.29, 1.82) is 0 Å². The van der Waals surface area contributed by atoms with Crippen molar-refractivity contribution in [3.63, 3.8) is 0 Å². The minimum atomic E-state index is -3.99. The molecule has 1 amide bonds. The first-order chi connectivity index (χ1) is 16.3. The van der Waals surface area contributed by atoms with Crippen molar-refractivity contribution in [3.05, 3.63) is 95.6 Å². The molecule has 6 nitrogen and oxygen atoms in total. The molecule has 0 radical (unpaired) electrons. The van der Waals surface area contributed by atoms with E-state index in [9.17, 15) is 22.0 Å². The van der Waals surface area contributed by atoms with Crippen LogP contribution in [-0.4, -0.2) is 38.4 Å². The molecule has 4 rings (SSSR count). The second kappa shape index (κ2) is 10.3. The smallest absolute Gasteiger partial charge is 0.261 e. The van der Waals surface area contributed by atoms with Gasteiger partial charge in [0.2, 0.25) is 0 Å². The summed E-state index contributed by atoms with van der Waals surface area (Å²) in [6.45, 7) is 2.35. The monoisotopic (exact) mass is 485 g/mol. The zero-order chi connectivity index (χ0) is 24.1. The van der Waals surface area contributed by atoms with Crippen LogP contribution >= 0.6 is 0 Å². The quantitative estimate of drug-likeness (QED) is 0.527. The van der Waals surface area contributed by atoms with E-state index in [-0.39, 0.29) is 28.3 Å². The summed E-state index contributed by atoms with van der Waals surface area (Å²) in [7, 11) is -3.99. The third-order valence-electron chi connectivity index (χ3n) is 5.79. The van der Waals surface area contributed by atoms with Gasteiger partial charge >= 0.3 is 0 Å². The van der Waals surface area contributed by atoms with Gasteiger partial charge in [0, 0.05) is 31.2 Å². The van der Waals surface area contributed by atoms with Crippen LogP contribution in [0.2, 0.25) is 0 Å². The van der Waals surface area contributed by atoms with Crippen LogP contribution in [0.4, 0.5) is 14.5 Å². The van der Waals surface area contributed by atoms with Crippen LogP contribution in [0.1, 0.15) is 28.8 Å². The zero-order valence-corrected chi connectivity index (χ0v) is 19.2. The highest BCUT2D eigenvalue weighted by Gasteiger charge is 2.22. The SMILES string of the molecule is O=C(NC1CCN(Cc2ccc(F)cc2)CC1)c1ccc(S(=O)(=O)Nc2ccccc2F)cc1. The van der Waals surface area contributed by atoms with Crippen LogP contribution in [0.25, 0.3) is 0 Å².